The van der Waals surface area contributed by atoms with Gasteiger partial charge in [-0.05, 0) is 24.3 Å². The second kappa shape index (κ2) is 6.90. The lowest BCUT2D eigenvalue weighted by molar-refractivity contribution is 0.0607. The van der Waals surface area contributed by atoms with Gasteiger partial charge in [0, 0.05) is 5.56 Å². The van der Waals surface area contributed by atoms with E-state index in [1.54, 1.807) is 31.4 Å². The molecule has 1 N–H and O–H groups in total. The van der Waals surface area contributed by atoms with E-state index in [0.717, 1.165) is 16.9 Å². The lowest BCUT2D eigenvalue weighted by atomic mass is 10.2. The average molecular weight is 322 g/mol. The summed E-state index contributed by atoms with van der Waals surface area (Å²) in [6, 6.07) is 7.17. The highest BCUT2D eigenvalue weighted by Gasteiger charge is 2.21. The summed E-state index contributed by atoms with van der Waals surface area (Å²) in [4.78, 5) is 27.6. The molecule has 1 heterocycles. The van der Waals surface area contributed by atoms with Crippen molar-refractivity contribution in [1.29, 1.82) is 0 Å². The molecule has 0 bridgehead atoms. The maximum Gasteiger partial charge on any atom is 0.412 e. The number of hydrogen-bond acceptors (Lipinski definition) is 7. The number of anilines is 1. The van der Waals surface area contributed by atoms with Crippen LogP contribution in [0.4, 0.5) is 10.6 Å². The molecule has 0 aliphatic rings. The summed E-state index contributed by atoms with van der Waals surface area (Å²) in [5, 5.41) is 2.97. The van der Waals surface area contributed by atoms with Crippen LogP contribution in [0.5, 0.6) is 5.75 Å². The molecular formula is C14H14N2O5S. The molecule has 22 heavy (non-hydrogen) atoms. The monoisotopic (exact) mass is 322 g/mol. The van der Waals surface area contributed by atoms with Crippen molar-refractivity contribution in [2.75, 3.05) is 26.6 Å². The maximum absolute atomic E-state index is 11.8. The van der Waals surface area contributed by atoms with E-state index in [4.69, 9.17) is 9.47 Å². The molecule has 2 rings (SSSR count). The lowest BCUT2D eigenvalue weighted by Gasteiger charge is -2.01. The van der Waals surface area contributed by atoms with Crippen molar-refractivity contribution in [2.45, 2.75) is 0 Å². The fourth-order valence-corrected chi connectivity index (χ4v) is 2.58. The van der Waals surface area contributed by atoms with Gasteiger partial charge >= 0.3 is 12.1 Å². The van der Waals surface area contributed by atoms with E-state index >= 15 is 0 Å². The fraction of sp³-hybridized carbons (Fsp3) is 0.214. The highest BCUT2D eigenvalue weighted by Crippen LogP contribution is 2.32. The molecule has 0 radical (unpaired) electrons. The minimum atomic E-state index is -0.711. The van der Waals surface area contributed by atoms with E-state index in [-0.39, 0.29) is 10.7 Å². The third-order valence-electron chi connectivity index (χ3n) is 2.74. The van der Waals surface area contributed by atoms with Gasteiger partial charge in [-0.3, -0.25) is 5.32 Å². The van der Waals surface area contributed by atoms with Crippen molar-refractivity contribution in [3.63, 3.8) is 0 Å². The average Bonchev–Trinajstić information content (AvgIpc) is 2.97. The molecule has 116 valence electrons. The van der Waals surface area contributed by atoms with Gasteiger partial charge in [0.15, 0.2) is 10.7 Å². The van der Waals surface area contributed by atoms with Crippen LogP contribution in [0.15, 0.2) is 24.3 Å². The highest BCUT2D eigenvalue weighted by atomic mass is 32.1. The largest absolute Gasteiger partial charge is 0.497 e. The molecule has 1 aromatic heterocycles. The van der Waals surface area contributed by atoms with E-state index in [0.29, 0.717) is 10.8 Å². The van der Waals surface area contributed by atoms with Crippen LogP contribution in [0, 0.1) is 0 Å². The van der Waals surface area contributed by atoms with Crippen molar-refractivity contribution in [1.82, 2.24) is 4.98 Å². The van der Waals surface area contributed by atoms with Crippen LogP contribution in [-0.4, -0.2) is 38.4 Å². The number of hydrogen-bond donors (Lipinski definition) is 1. The highest BCUT2D eigenvalue weighted by molar-refractivity contribution is 7.17. The standard InChI is InChI=1S/C14H14N2O5S/c1-19-9-6-4-8(5-7-9)12-15-11(16-14(18)21-3)10(22-12)13(17)20-2/h4-7H,1-3H3,(H,16,18). The summed E-state index contributed by atoms with van der Waals surface area (Å²) in [5.41, 5.74) is 0.786. The lowest BCUT2D eigenvalue weighted by Crippen LogP contribution is -2.14. The van der Waals surface area contributed by atoms with Gasteiger partial charge in [0.1, 0.15) is 10.8 Å². The van der Waals surface area contributed by atoms with Crippen LogP contribution >= 0.6 is 11.3 Å². The van der Waals surface area contributed by atoms with Gasteiger partial charge < -0.3 is 14.2 Å². The molecule has 0 saturated carbocycles. The minimum Gasteiger partial charge on any atom is -0.497 e. The fourth-order valence-electron chi connectivity index (χ4n) is 1.64. The minimum absolute atomic E-state index is 0.106. The molecule has 0 unspecified atom stereocenters. The van der Waals surface area contributed by atoms with E-state index in [1.807, 2.05) is 0 Å². The van der Waals surface area contributed by atoms with Gasteiger partial charge in [-0.2, -0.15) is 0 Å². The number of nitrogens with zero attached hydrogens (tertiary/aromatic N) is 1. The van der Waals surface area contributed by atoms with E-state index in [1.165, 1.54) is 14.2 Å². The Morgan fingerprint density at radius 1 is 1.09 bits per heavy atom. The van der Waals surface area contributed by atoms with Crippen molar-refractivity contribution < 1.29 is 23.8 Å². The Bertz CT molecular complexity index is 681. The molecule has 2 aromatic rings. The van der Waals surface area contributed by atoms with Gasteiger partial charge in [-0.15, -0.1) is 11.3 Å². The molecule has 0 aliphatic heterocycles. The van der Waals surface area contributed by atoms with Crippen molar-refractivity contribution in [2.24, 2.45) is 0 Å². The Kier molecular flexibility index (Phi) is 4.95. The van der Waals surface area contributed by atoms with Gasteiger partial charge in [0.05, 0.1) is 21.3 Å². The van der Waals surface area contributed by atoms with Gasteiger partial charge in [0.2, 0.25) is 0 Å². The Hall–Kier alpha value is -2.61. The van der Waals surface area contributed by atoms with Crippen LogP contribution < -0.4 is 10.1 Å². The number of methoxy groups -OCH3 is 3. The topological polar surface area (TPSA) is 86.8 Å². The molecule has 0 saturated heterocycles. The zero-order chi connectivity index (χ0) is 16.1. The smallest absolute Gasteiger partial charge is 0.412 e. The summed E-state index contributed by atoms with van der Waals surface area (Å²) >= 11 is 1.11. The molecule has 0 fully saturated rings. The molecular weight excluding hydrogens is 308 g/mol. The third-order valence-corrected chi connectivity index (χ3v) is 3.83. The second-order valence-corrected chi connectivity index (χ2v) is 5.03. The summed E-state index contributed by atoms with van der Waals surface area (Å²) < 4.78 is 14.3. The number of thiazole rings is 1. The SMILES string of the molecule is COC(=O)Nc1nc(-c2ccc(OC)cc2)sc1C(=O)OC. The number of esters is 1. The van der Waals surface area contributed by atoms with Crippen LogP contribution in [0.25, 0.3) is 10.6 Å². The normalized spacial score (nSPS) is 9.95. The zero-order valence-corrected chi connectivity index (χ0v) is 13.0. The Labute approximate surface area is 130 Å². The number of rotatable bonds is 4. The van der Waals surface area contributed by atoms with Crippen molar-refractivity contribution in [3.05, 3.63) is 29.1 Å². The van der Waals surface area contributed by atoms with Gasteiger partial charge in [-0.25, -0.2) is 14.6 Å². The van der Waals surface area contributed by atoms with Crippen molar-refractivity contribution >= 4 is 29.2 Å². The number of nitrogens with one attached hydrogen (secondary N) is 1. The van der Waals surface area contributed by atoms with E-state index in [9.17, 15) is 9.59 Å². The molecule has 0 spiro atoms. The predicted molar refractivity (Wildman–Crippen MR) is 81.5 cm³/mol. The van der Waals surface area contributed by atoms with Crippen LogP contribution in [0.1, 0.15) is 9.67 Å². The maximum atomic E-state index is 11.8. The first-order valence-corrected chi connectivity index (χ1v) is 6.99. The Morgan fingerprint density at radius 2 is 1.77 bits per heavy atom. The number of aromatic nitrogens is 1. The third kappa shape index (κ3) is 3.34. The zero-order valence-electron chi connectivity index (χ0n) is 12.2. The quantitative estimate of drug-likeness (QED) is 0.871. The number of carbonyl (C=O) groups is 2. The van der Waals surface area contributed by atoms with E-state index in [2.05, 4.69) is 15.0 Å². The van der Waals surface area contributed by atoms with Crippen molar-refractivity contribution in [3.8, 4) is 16.3 Å². The van der Waals surface area contributed by atoms with Gasteiger partial charge in [0.25, 0.3) is 0 Å². The van der Waals surface area contributed by atoms with Crippen LogP contribution in [0.3, 0.4) is 0 Å². The number of carbonyl (C=O) groups excluding carboxylic acids is 2. The summed E-state index contributed by atoms with van der Waals surface area (Å²) in [5.74, 6) is 0.236. The molecule has 7 nitrogen and oxygen atoms in total. The molecule has 1 aromatic carbocycles. The molecule has 0 aliphatic carbocycles. The Morgan fingerprint density at radius 3 is 2.32 bits per heavy atom. The van der Waals surface area contributed by atoms with Crippen LogP contribution in [0.2, 0.25) is 0 Å². The molecule has 1 amide bonds. The number of amides is 1. The Balaban J connectivity index is 2.39. The van der Waals surface area contributed by atoms with E-state index < -0.39 is 12.1 Å². The first-order chi connectivity index (χ1) is 10.6. The summed E-state index contributed by atoms with van der Waals surface area (Å²) in [7, 11) is 4.06. The second-order valence-electron chi connectivity index (χ2n) is 4.03. The first-order valence-electron chi connectivity index (χ1n) is 6.17. The molecule has 8 heteroatoms. The van der Waals surface area contributed by atoms with Gasteiger partial charge in [-0.1, -0.05) is 0 Å². The predicted octanol–water partition coefficient (Wildman–Crippen LogP) is 2.78. The summed E-state index contributed by atoms with van der Waals surface area (Å²) in [6.45, 7) is 0. The molecule has 0 atom stereocenters. The number of benzene rings is 1. The summed E-state index contributed by atoms with van der Waals surface area (Å²) in [6.07, 6.45) is -0.711. The van der Waals surface area contributed by atoms with Crippen LogP contribution in [-0.2, 0) is 9.47 Å². The number of ether oxygens (including phenoxy) is 3. The first kappa shape index (κ1) is 15.8.